The van der Waals surface area contributed by atoms with Gasteiger partial charge in [0.25, 0.3) is 5.91 Å². The van der Waals surface area contributed by atoms with Crippen molar-refractivity contribution in [3.63, 3.8) is 0 Å². The highest BCUT2D eigenvalue weighted by atomic mass is 32.1. The maximum atomic E-state index is 12.2. The molecule has 0 radical (unpaired) electrons. The van der Waals surface area contributed by atoms with E-state index < -0.39 is 0 Å². The summed E-state index contributed by atoms with van der Waals surface area (Å²) in [6, 6.07) is 3.89. The number of pyridine rings is 1. The summed E-state index contributed by atoms with van der Waals surface area (Å²) in [7, 11) is 0. The number of hydrogen-bond donors (Lipinski definition) is 1. The summed E-state index contributed by atoms with van der Waals surface area (Å²) < 4.78 is 1.87. The summed E-state index contributed by atoms with van der Waals surface area (Å²) in [5.74, 6) is -0.165. The third kappa shape index (κ3) is 2.80. The first-order valence-corrected chi connectivity index (χ1v) is 7.51. The van der Waals surface area contributed by atoms with E-state index in [1.54, 1.807) is 17.5 Å². The van der Waals surface area contributed by atoms with Crippen molar-refractivity contribution in [3.8, 4) is 0 Å². The van der Waals surface area contributed by atoms with E-state index in [1.807, 2.05) is 43.5 Å². The Hall–Kier alpha value is -2.21. The minimum absolute atomic E-state index is 0.165. The van der Waals surface area contributed by atoms with Crippen LogP contribution in [0.2, 0.25) is 0 Å². The molecule has 0 aliphatic carbocycles. The highest BCUT2D eigenvalue weighted by Crippen LogP contribution is 2.16. The third-order valence-corrected chi connectivity index (χ3v) is 4.31. The highest BCUT2D eigenvalue weighted by Gasteiger charge is 2.12. The van der Waals surface area contributed by atoms with Crippen LogP contribution in [0.4, 0.5) is 0 Å². The molecule has 3 heterocycles. The quantitative estimate of drug-likeness (QED) is 0.809. The van der Waals surface area contributed by atoms with E-state index in [2.05, 4.69) is 15.3 Å². The topological polar surface area (TPSA) is 59.3 Å². The number of nitrogens with zero attached hydrogens (tertiary/aromatic N) is 3. The Kier molecular flexibility index (Phi) is 3.47. The molecule has 0 spiro atoms. The number of rotatable bonds is 3. The van der Waals surface area contributed by atoms with Crippen LogP contribution in [0.15, 0.2) is 24.5 Å². The lowest BCUT2D eigenvalue weighted by Crippen LogP contribution is -2.23. The van der Waals surface area contributed by atoms with Crippen LogP contribution in [-0.2, 0) is 6.54 Å². The van der Waals surface area contributed by atoms with Crippen molar-refractivity contribution >= 4 is 22.9 Å². The van der Waals surface area contributed by atoms with Crippen molar-refractivity contribution in [2.75, 3.05) is 0 Å². The van der Waals surface area contributed by atoms with E-state index in [1.165, 1.54) is 0 Å². The number of hydrogen-bond acceptors (Lipinski definition) is 4. The lowest BCUT2D eigenvalue weighted by atomic mass is 10.3. The van der Waals surface area contributed by atoms with Gasteiger partial charge in [0.1, 0.15) is 11.3 Å². The van der Waals surface area contributed by atoms with Crippen molar-refractivity contribution in [1.29, 1.82) is 0 Å². The molecule has 3 aromatic heterocycles. The summed E-state index contributed by atoms with van der Waals surface area (Å²) in [5.41, 5.74) is 3.31. The zero-order valence-corrected chi connectivity index (χ0v) is 13.0. The van der Waals surface area contributed by atoms with Crippen LogP contribution in [0.3, 0.4) is 0 Å². The van der Waals surface area contributed by atoms with Crippen LogP contribution in [-0.4, -0.2) is 20.3 Å². The van der Waals surface area contributed by atoms with Gasteiger partial charge in [0, 0.05) is 17.3 Å². The minimum Gasteiger partial charge on any atom is -0.346 e. The summed E-state index contributed by atoms with van der Waals surface area (Å²) >= 11 is 1.61. The van der Waals surface area contributed by atoms with Gasteiger partial charge in [0.15, 0.2) is 0 Å². The van der Waals surface area contributed by atoms with Gasteiger partial charge >= 0.3 is 0 Å². The Morgan fingerprint density at radius 2 is 2.05 bits per heavy atom. The molecular formula is C15H16N4OS. The van der Waals surface area contributed by atoms with E-state index in [0.29, 0.717) is 12.2 Å². The molecule has 0 fully saturated rings. The van der Waals surface area contributed by atoms with Gasteiger partial charge in [-0.2, -0.15) is 0 Å². The lowest BCUT2D eigenvalue weighted by molar-refractivity contribution is 0.0947. The predicted octanol–water partition coefficient (Wildman–Crippen LogP) is 2.65. The summed E-state index contributed by atoms with van der Waals surface area (Å²) in [4.78, 5) is 22.0. The smallest absolute Gasteiger partial charge is 0.271 e. The first-order valence-electron chi connectivity index (χ1n) is 6.69. The Morgan fingerprint density at radius 3 is 2.76 bits per heavy atom. The molecule has 0 aliphatic heterocycles. The zero-order valence-electron chi connectivity index (χ0n) is 12.2. The van der Waals surface area contributed by atoms with Crippen LogP contribution >= 0.6 is 11.3 Å². The Bertz CT molecular complexity index is 818. The number of nitrogens with one attached hydrogen (secondary N) is 1. The third-order valence-electron chi connectivity index (χ3n) is 3.24. The predicted molar refractivity (Wildman–Crippen MR) is 82.7 cm³/mol. The van der Waals surface area contributed by atoms with Gasteiger partial charge in [0.2, 0.25) is 0 Å². The number of thiazole rings is 1. The van der Waals surface area contributed by atoms with Gasteiger partial charge in [-0.15, -0.1) is 11.3 Å². The molecule has 0 saturated carbocycles. The van der Waals surface area contributed by atoms with Crippen LogP contribution in [0.5, 0.6) is 0 Å². The summed E-state index contributed by atoms with van der Waals surface area (Å²) in [6.45, 7) is 6.42. The monoisotopic (exact) mass is 300 g/mol. The van der Waals surface area contributed by atoms with E-state index in [4.69, 9.17) is 0 Å². The highest BCUT2D eigenvalue weighted by molar-refractivity contribution is 7.11. The number of fused-ring (bicyclic) bond motifs is 1. The number of carbonyl (C=O) groups excluding carboxylic acids is 1. The molecular weight excluding hydrogens is 284 g/mol. The van der Waals surface area contributed by atoms with E-state index in [0.717, 1.165) is 26.8 Å². The molecule has 6 heteroatoms. The molecule has 0 unspecified atom stereocenters. The molecule has 5 nitrogen and oxygen atoms in total. The normalized spacial score (nSPS) is 11.0. The molecule has 3 aromatic rings. The fourth-order valence-corrected chi connectivity index (χ4v) is 3.08. The average Bonchev–Trinajstić information content (AvgIpc) is 2.98. The largest absolute Gasteiger partial charge is 0.346 e. The second-order valence-corrected chi connectivity index (χ2v) is 6.31. The SMILES string of the molecule is Cc1ccc2nc(C(=O)NCc3sc(C)nc3C)cn2c1. The van der Waals surface area contributed by atoms with Gasteiger partial charge < -0.3 is 9.72 Å². The van der Waals surface area contributed by atoms with Crippen molar-refractivity contribution in [2.24, 2.45) is 0 Å². The van der Waals surface area contributed by atoms with Gasteiger partial charge in [-0.05, 0) is 32.4 Å². The maximum Gasteiger partial charge on any atom is 0.271 e. The van der Waals surface area contributed by atoms with Crippen molar-refractivity contribution in [2.45, 2.75) is 27.3 Å². The molecule has 108 valence electrons. The van der Waals surface area contributed by atoms with Crippen molar-refractivity contribution < 1.29 is 4.79 Å². The number of amides is 1. The second-order valence-electron chi connectivity index (χ2n) is 5.02. The van der Waals surface area contributed by atoms with Crippen LogP contribution in [0.1, 0.15) is 31.6 Å². The Labute approximate surface area is 126 Å². The molecule has 1 amide bonds. The fraction of sp³-hybridized carbons (Fsp3) is 0.267. The van der Waals surface area contributed by atoms with Crippen LogP contribution < -0.4 is 5.32 Å². The van der Waals surface area contributed by atoms with Crippen LogP contribution in [0.25, 0.3) is 5.65 Å². The number of aryl methyl sites for hydroxylation is 3. The van der Waals surface area contributed by atoms with E-state index >= 15 is 0 Å². The minimum atomic E-state index is -0.165. The molecule has 0 bridgehead atoms. The molecule has 0 atom stereocenters. The Morgan fingerprint density at radius 1 is 1.24 bits per heavy atom. The maximum absolute atomic E-state index is 12.2. The van der Waals surface area contributed by atoms with Crippen molar-refractivity contribution in [1.82, 2.24) is 19.7 Å². The first kappa shape index (κ1) is 13.8. The fourth-order valence-electron chi connectivity index (χ4n) is 2.20. The molecule has 3 rings (SSSR count). The Balaban J connectivity index is 1.76. The van der Waals surface area contributed by atoms with E-state index in [9.17, 15) is 4.79 Å². The number of carbonyl (C=O) groups is 1. The molecule has 1 N–H and O–H groups in total. The lowest BCUT2D eigenvalue weighted by Gasteiger charge is -2.01. The summed E-state index contributed by atoms with van der Waals surface area (Å²) in [5, 5.41) is 3.91. The van der Waals surface area contributed by atoms with Gasteiger partial charge in [-0.3, -0.25) is 4.79 Å². The molecule has 0 aromatic carbocycles. The van der Waals surface area contributed by atoms with E-state index in [-0.39, 0.29) is 5.91 Å². The number of aromatic nitrogens is 3. The van der Waals surface area contributed by atoms with Crippen molar-refractivity contribution in [3.05, 3.63) is 51.4 Å². The van der Waals surface area contributed by atoms with Gasteiger partial charge in [0.05, 0.1) is 17.2 Å². The standard InChI is InChI=1S/C15H16N4OS/c1-9-4-5-14-18-12(8-19(14)7-9)15(20)16-6-13-10(2)17-11(3)21-13/h4-5,7-8H,6H2,1-3H3,(H,16,20). The van der Waals surface area contributed by atoms with Gasteiger partial charge in [-0.25, -0.2) is 9.97 Å². The summed E-state index contributed by atoms with van der Waals surface area (Å²) in [6.07, 6.45) is 3.71. The van der Waals surface area contributed by atoms with Crippen LogP contribution in [0, 0.1) is 20.8 Å². The molecule has 0 saturated heterocycles. The molecule has 21 heavy (non-hydrogen) atoms. The second kappa shape index (κ2) is 5.29. The molecule has 0 aliphatic rings. The number of imidazole rings is 1. The average molecular weight is 300 g/mol. The first-order chi connectivity index (χ1) is 10.0. The zero-order chi connectivity index (χ0) is 15.0. The van der Waals surface area contributed by atoms with Gasteiger partial charge in [-0.1, -0.05) is 6.07 Å².